The van der Waals surface area contributed by atoms with Gasteiger partial charge in [-0.1, -0.05) is 71.3 Å². The van der Waals surface area contributed by atoms with Crippen LogP contribution in [0, 0.1) is 18.8 Å². The largest absolute Gasteiger partial charge is 0.427 e. The van der Waals surface area contributed by atoms with Gasteiger partial charge >= 0.3 is 5.97 Å². The molecular weight excluding hydrogens is 320 g/mol. The molecule has 2 rings (SSSR count). The third kappa shape index (κ3) is 7.13. The van der Waals surface area contributed by atoms with Crippen molar-refractivity contribution in [1.82, 2.24) is 0 Å². The molecule has 1 aromatic rings. The number of unbranched alkanes of at least 4 members (excludes halogenated alkanes) is 2. The maximum Gasteiger partial charge on any atom is 0.311 e. The van der Waals surface area contributed by atoms with Crippen LogP contribution >= 0.6 is 0 Å². The summed E-state index contributed by atoms with van der Waals surface area (Å²) < 4.78 is 5.40. The Bertz CT molecular complexity index is 541. The molecule has 0 heterocycles. The topological polar surface area (TPSA) is 26.3 Å². The summed E-state index contributed by atoms with van der Waals surface area (Å²) >= 11 is 0. The molecule has 1 saturated carbocycles. The van der Waals surface area contributed by atoms with Gasteiger partial charge in [-0.05, 0) is 61.3 Å². The first kappa shape index (κ1) is 21.0. The van der Waals surface area contributed by atoms with Gasteiger partial charge in [-0.2, -0.15) is 0 Å². The zero-order valence-electron chi connectivity index (χ0n) is 17.2. The number of hydrogen-bond acceptors (Lipinski definition) is 2. The van der Waals surface area contributed by atoms with Crippen molar-refractivity contribution in [2.24, 2.45) is 11.8 Å². The van der Waals surface area contributed by atoms with E-state index in [1.165, 1.54) is 68.9 Å². The number of ether oxygens (including phenoxy) is 1. The number of rotatable bonds is 10. The van der Waals surface area contributed by atoms with E-state index in [0.717, 1.165) is 24.7 Å². The summed E-state index contributed by atoms with van der Waals surface area (Å²) in [5, 5.41) is 0. The standard InChI is InChI=1S/C24H38O2/c1-4-6-7-9-20-10-12-21(13-11-20)14-15-22-16-17-23(18-19(22)3)26-24(25)8-5-2/h16-18,20-21H,4-15H2,1-3H3/t20-,21-. The highest BCUT2D eigenvalue weighted by molar-refractivity contribution is 5.72. The van der Waals surface area contributed by atoms with Crippen molar-refractivity contribution in [2.75, 3.05) is 0 Å². The normalized spacial score (nSPS) is 20.1. The second-order valence-electron chi connectivity index (χ2n) is 8.23. The van der Waals surface area contributed by atoms with E-state index in [2.05, 4.69) is 19.9 Å². The van der Waals surface area contributed by atoms with Crippen LogP contribution in [0.2, 0.25) is 0 Å². The minimum absolute atomic E-state index is 0.129. The van der Waals surface area contributed by atoms with Crippen molar-refractivity contribution in [1.29, 1.82) is 0 Å². The maximum absolute atomic E-state index is 11.6. The van der Waals surface area contributed by atoms with Crippen LogP contribution < -0.4 is 4.74 Å². The average molecular weight is 359 g/mol. The zero-order valence-corrected chi connectivity index (χ0v) is 17.2. The Kier molecular flexibility index (Phi) is 9.22. The smallest absolute Gasteiger partial charge is 0.311 e. The average Bonchev–Trinajstić information content (AvgIpc) is 2.62. The fraction of sp³-hybridized carbons (Fsp3) is 0.708. The Morgan fingerprint density at radius 2 is 1.69 bits per heavy atom. The van der Waals surface area contributed by atoms with Crippen LogP contribution in [0.4, 0.5) is 0 Å². The summed E-state index contributed by atoms with van der Waals surface area (Å²) in [6, 6.07) is 6.13. The lowest BCUT2D eigenvalue weighted by Crippen LogP contribution is -2.15. The molecule has 1 fully saturated rings. The monoisotopic (exact) mass is 358 g/mol. The van der Waals surface area contributed by atoms with Crippen molar-refractivity contribution in [3.05, 3.63) is 29.3 Å². The van der Waals surface area contributed by atoms with Crippen LogP contribution in [0.5, 0.6) is 5.75 Å². The molecule has 0 saturated heterocycles. The molecule has 0 aliphatic heterocycles. The molecule has 0 unspecified atom stereocenters. The SMILES string of the molecule is CCCCC[C@H]1CC[C@H](CCc2ccc(OC(=O)CCC)cc2C)CC1. The highest BCUT2D eigenvalue weighted by Gasteiger charge is 2.20. The predicted molar refractivity (Wildman–Crippen MR) is 110 cm³/mol. The van der Waals surface area contributed by atoms with E-state index in [0.29, 0.717) is 12.2 Å². The van der Waals surface area contributed by atoms with Crippen molar-refractivity contribution >= 4 is 5.97 Å². The third-order valence-corrected chi connectivity index (χ3v) is 6.00. The first-order valence-electron chi connectivity index (χ1n) is 10.9. The number of carbonyl (C=O) groups excluding carboxylic acids is 1. The van der Waals surface area contributed by atoms with E-state index in [4.69, 9.17) is 4.74 Å². The Balaban J connectivity index is 1.73. The van der Waals surface area contributed by atoms with Crippen LogP contribution in [-0.4, -0.2) is 5.97 Å². The van der Waals surface area contributed by atoms with Crippen LogP contribution in [0.25, 0.3) is 0 Å². The first-order valence-corrected chi connectivity index (χ1v) is 10.9. The van der Waals surface area contributed by atoms with Gasteiger partial charge in [-0.15, -0.1) is 0 Å². The Morgan fingerprint density at radius 1 is 1.00 bits per heavy atom. The lowest BCUT2D eigenvalue weighted by Gasteiger charge is -2.28. The van der Waals surface area contributed by atoms with Gasteiger partial charge in [0, 0.05) is 6.42 Å². The van der Waals surface area contributed by atoms with E-state index >= 15 is 0 Å². The van der Waals surface area contributed by atoms with Gasteiger partial charge < -0.3 is 4.74 Å². The van der Waals surface area contributed by atoms with E-state index in [1.54, 1.807) is 0 Å². The summed E-state index contributed by atoms with van der Waals surface area (Å²) in [6.07, 6.45) is 15.1. The fourth-order valence-corrected chi connectivity index (χ4v) is 4.25. The molecule has 0 amide bonds. The molecule has 0 aromatic heterocycles. The Morgan fingerprint density at radius 3 is 2.31 bits per heavy atom. The zero-order chi connectivity index (χ0) is 18.8. The van der Waals surface area contributed by atoms with Crippen molar-refractivity contribution in [3.8, 4) is 5.75 Å². The predicted octanol–water partition coefficient (Wildman–Crippen LogP) is 7.02. The number of esters is 1. The summed E-state index contributed by atoms with van der Waals surface area (Å²) in [5.41, 5.74) is 2.66. The van der Waals surface area contributed by atoms with Crippen LogP contribution in [-0.2, 0) is 11.2 Å². The number of hydrogen-bond donors (Lipinski definition) is 0. The van der Waals surface area contributed by atoms with Crippen molar-refractivity contribution in [2.45, 2.75) is 97.8 Å². The molecule has 146 valence electrons. The first-order chi connectivity index (χ1) is 12.6. The van der Waals surface area contributed by atoms with Gasteiger partial charge in [-0.25, -0.2) is 0 Å². The number of carbonyl (C=O) groups is 1. The highest BCUT2D eigenvalue weighted by Crippen LogP contribution is 2.34. The van der Waals surface area contributed by atoms with Gasteiger partial charge in [0.25, 0.3) is 0 Å². The molecule has 26 heavy (non-hydrogen) atoms. The minimum Gasteiger partial charge on any atom is -0.427 e. The van der Waals surface area contributed by atoms with Crippen LogP contribution in [0.15, 0.2) is 18.2 Å². The summed E-state index contributed by atoms with van der Waals surface area (Å²) in [6.45, 7) is 6.42. The molecule has 0 atom stereocenters. The maximum atomic E-state index is 11.6. The lowest BCUT2D eigenvalue weighted by molar-refractivity contribution is -0.134. The molecule has 0 bridgehead atoms. The third-order valence-electron chi connectivity index (χ3n) is 6.00. The fourth-order valence-electron chi connectivity index (χ4n) is 4.25. The van der Waals surface area contributed by atoms with Gasteiger partial charge in [0.15, 0.2) is 0 Å². The second kappa shape index (κ2) is 11.4. The van der Waals surface area contributed by atoms with Gasteiger partial charge in [0.05, 0.1) is 0 Å². The molecule has 2 heteroatoms. The molecule has 1 aliphatic carbocycles. The van der Waals surface area contributed by atoms with Crippen molar-refractivity contribution < 1.29 is 9.53 Å². The van der Waals surface area contributed by atoms with Gasteiger partial charge in [0.1, 0.15) is 5.75 Å². The summed E-state index contributed by atoms with van der Waals surface area (Å²) in [5.74, 6) is 2.46. The Labute approximate surface area is 160 Å². The summed E-state index contributed by atoms with van der Waals surface area (Å²) in [4.78, 5) is 11.6. The minimum atomic E-state index is -0.129. The van der Waals surface area contributed by atoms with Crippen molar-refractivity contribution in [3.63, 3.8) is 0 Å². The van der Waals surface area contributed by atoms with E-state index < -0.39 is 0 Å². The molecule has 2 nitrogen and oxygen atoms in total. The summed E-state index contributed by atoms with van der Waals surface area (Å²) in [7, 11) is 0. The second-order valence-corrected chi connectivity index (χ2v) is 8.23. The highest BCUT2D eigenvalue weighted by atomic mass is 16.5. The quantitative estimate of drug-likeness (QED) is 0.255. The molecular formula is C24H38O2. The molecule has 0 radical (unpaired) electrons. The molecule has 1 aliphatic rings. The van der Waals surface area contributed by atoms with Gasteiger partial charge in [0.2, 0.25) is 0 Å². The number of benzene rings is 1. The molecule has 0 N–H and O–H groups in total. The number of aryl methyl sites for hydroxylation is 2. The van der Waals surface area contributed by atoms with Gasteiger partial charge in [-0.3, -0.25) is 4.79 Å². The van der Waals surface area contributed by atoms with Crippen LogP contribution in [0.1, 0.15) is 95.6 Å². The van der Waals surface area contributed by atoms with Crippen LogP contribution in [0.3, 0.4) is 0 Å². The molecule has 1 aromatic carbocycles. The van der Waals surface area contributed by atoms with E-state index in [-0.39, 0.29) is 5.97 Å². The lowest BCUT2D eigenvalue weighted by atomic mass is 9.77. The Hall–Kier alpha value is -1.31. The van der Waals surface area contributed by atoms with E-state index in [1.807, 2.05) is 19.1 Å². The van der Waals surface area contributed by atoms with E-state index in [9.17, 15) is 4.79 Å². The molecule has 0 spiro atoms.